The number of amides is 3. The molecule has 2 fully saturated rings. The Bertz CT molecular complexity index is 800. The molecule has 3 amide bonds. The van der Waals surface area contributed by atoms with Crippen LogP contribution in [0.3, 0.4) is 0 Å². The summed E-state index contributed by atoms with van der Waals surface area (Å²) < 4.78 is 13.5. The van der Waals surface area contributed by atoms with E-state index in [4.69, 9.17) is 0 Å². The molecule has 0 N–H and O–H groups in total. The quantitative estimate of drug-likeness (QED) is 0.798. The Hall–Kier alpha value is -2.76. The predicted octanol–water partition coefficient (Wildman–Crippen LogP) is 2.94. The van der Waals surface area contributed by atoms with Gasteiger partial charge in [0.1, 0.15) is 12.2 Å². The molecule has 1 aromatic carbocycles. The summed E-state index contributed by atoms with van der Waals surface area (Å²) in [5.74, 6) is -0.338. The van der Waals surface area contributed by atoms with E-state index in [1.54, 1.807) is 12.4 Å². The SMILES string of the molecule is Cc1ccc(-c2ccncc2)cc1N1C(=O)[C@@H]2C[C@H](F)CN2C1=O. The van der Waals surface area contributed by atoms with Crippen LogP contribution in [0.25, 0.3) is 11.1 Å². The summed E-state index contributed by atoms with van der Waals surface area (Å²) in [6, 6.07) is 8.29. The summed E-state index contributed by atoms with van der Waals surface area (Å²) >= 11 is 0. The maximum Gasteiger partial charge on any atom is 0.332 e. The highest BCUT2D eigenvalue weighted by Gasteiger charge is 2.51. The van der Waals surface area contributed by atoms with Gasteiger partial charge in [-0.15, -0.1) is 0 Å². The van der Waals surface area contributed by atoms with Gasteiger partial charge in [0.2, 0.25) is 0 Å². The van der Waals surface area contributed by atoms with Gasteiger partial charge in [0.15, 0.2) is 0 Å². The van der Waals surface area contributed by atoms with E-state index in [0.717, 1.165) is 16.7 Å². The highest BCUT2D eigenvalue weighted by Crippen LogP contribution is 2.35. The van der Waals surface area contributed by atoms with E-state index in [9.17, 15) is 14.0 Å². The first-order chi connectivity index (χ1) is 11.6. The first-order valence-electron chi connectivity index (χ1n) is 7.86. The summed E-state index contributed by atoms with van der Waals surface area (Å²) in [5.41, 5.74) is 3.24. The van der Waals surface area contributed by atoms with Crippen molar-refractivity contribution in [1.82, 2.24) is 9.88 Å². The molecule has 5 nitrogen and oxygen atoms in total. The van der Waals surface area contributed by atoms with Crippen LogP contribution in [-0.4, -0.2) is 40.6 Å². The zero-order valence-electron chi connectivity index (χ0n) is 13.1. The predicted molar refractivity (Wildman–Crippen MR) is 87.3 cm³/mol. The third kappa shape index (κ3) is 2.18. The Morgan fingerprint density at radius 2 is 1.88 bits per heavy atom. The number of halogens is 1. The average molecular weight is 325 g/mol. The number of anilines is 1. The number of nitrogens with zero attached hydrogens (tertiary/aromatic N) is 3. The smallest absolute Gasteiger partial charge is 0.309 e. The Balaban J connectivity index is 1.75. The standard InChI is InChI=1S/C18H16FN3O2/c1-11-2-3-13(12-4-6-20-7-5-12)8-15(11)22-17(23)16-9-14(19)10-21(16)18(22)24/h2-8,14,16H,9-10H2,1H3/t14-,16-/m0/s1. The number of hydrogen-bond acceptors (Lipinski definition) is 3. The molecule has 0 spiro atoms. The number of hydrogen-bond donors (Lipinski definition) is 0. The molecule has 24 heavy (non-hydrogen) atoms. The van der Waals surface area contributed by atoms with Crippen LogP contribution in [0, 0.1) is 6.92 Å². The van der Waals surface area contributed by atoms with E-state index in [2.05, 4.69) is 4.98 Å². The Kier molecular flexibility index (Phi) is 3.33. The number of imide groups is 1. The van der Waals surface area contributed by atoms with Crippen LogP contribution < -0.4 is 4.90 Å². The monoisotopic (exact) mass is 325 g/mol. The van der Waals surface area contributed by atoms with E-state index in [1.165, 1.54) is 9.80 Å². The van der Waals surface area contributed by atoms with E-state index >= 15 is 0 Å². The highest BCUT2D eigenvalue weighted by atomic mass is 19.1. The molecule has 1 aromatic heterocycles. The molecule has 3 heterocycles. The van der Waals surface area contributed by atoms with Crippen LogP contribution in [0.4, 0.5) is 14.9 Å². The largest absolute Gasteiger partial charge is 0.332 e. The number of rotatable bonds is 2. The number of aryl methyl sites for hydroxylation is 1. The van der Waals surface area contributed by atoms with Gasteiger partial charge in [0, 0.05) is 18.8 Å². The Morgan fingerprint density at radius 3 is 2.58 bits per heavy atom. The first-order valence-corrected chi connectivity index (χ1v) is 7.86. The molecule has 0 bridgehead atoms. The molecular formula is C18H16FN3O2. The van der Waals surface area contributed by atoms with Gasteiger partial charge in [-0.3, -0.25) is 9.78 Å². The summed E-state index contributed by atoms with van der Waals surface area (Å²) in [7, 11) is 0. The first kappa shape index (κ1) is 14.8. The normalized spacial score (nSPS) is 23.1. The van der Waals surface area contributed by atoms with Crippen molar-refractivity contribution < 1.29 is 14.0 Å². The van der Waals surface area contributed by atoms with Crippen molar-refractivity contribution in [2.24, 2.45) is 0 Å². The fourth-order valence-corrected chi connectivity index (χ4v) is 3.40. The average Bonchev–Trinajstić information content (AvgIpc) is 3.08. The van der Waals surface area contributed by atoms with Crippen LogP contribution in [-0.2, 0) is 4.79 Å². The number of fused-ring (bicyclic) bond motifs is 1. The molecule has 0 radical (unpaired) electrons. The van der Waals surface area contributed by atoms with Crippen molar-refractivity contribution in [3.05, 3.63) is 48.3 Å². The number of urea groups is 1. The van der Waals surface area contributed by atoms with Crippen molar-refractivity contribution >= 4 is 17.6 Å². The molecule has 2 aliphatic rings. The minimum Gasteiger partial charge on any atom is -0.309 e. The molecule has 2 saturated heterocycles. The molecule has 0 aliphatic carbocycles. The fourth-order valence-electron chi connectivity index (χ4n) is 3.40. The molecule has 0 unspecified atom stereocenters. The van der Waals surface area contributed by atoms with Gasteiger partial charge < -0.3 is 4.90 Å². The number of carbonyl (C=O) groups excluding carboxylic acids is 2. The van der Waals surface area contributed by atoms with Crippen LogP contribution >= 0.6 is 0 Å². The molecule has 0 saturated carbocycles. The number of benzene rings is 1. The second-order valence-corrected chi connectivity index (χ2v) is 6.19. The summed E-state index contributed by atoms with van der Waals surface area (Å²) in [6.45, 7) is 1.85. The van der Waals surface area contributed by atoms with Crippen LogP contribution in [0.2, 0.25) is 0 Å². The van der Waals surface area contributed by atoms with E-state index in [1.807, 2.05) is 37.3 Å². The van der Waals surface area contributed by atoms with Crippen molar-refractivity contribution in [3.8, 4) is 11.1 Å². The van der Waals surface area contributed by atoms with E-state index < -0.39 is 18.2 Å². The number of aromatic nitrogens is 1. The lowest BCUT2D eigenvalue weighted by molar-refractivity contribution is -0.119. The van der Waals surface area contributed by atoms with E-state index in [0.29, 0.717) is 5.69 Å². The molecule has 4 rings (SSSR count). The van der Waals surface area contributed by atoms with Crippen molar-refractivity contribution in [2.45, 2.75) is 25.6 Å². The van der Waals surface area contributed by atoms with E-state index in [-0.39, 0.29) is 18.9 Å². The lowest BCUT2D eigenvalue weighted by Crippen LogP contribution is -2.35. The summed E-state index contributed by atoms with van der Waals surface area (Å²) in [6.07, 6.45) is 2.36. The highest BCUT2D eigenvalue weighted by molar-refractivity contribution is 6.22. The third-order valence-corrected chi connectivity index (χ3v) is 4.66. The number of alkyl halides is 1. The molecule has 6 heteroatoms. The third-order valence-electron chi connectivity index (χ3n) is 4.66. The molecule has 2 aliphatic heterocycles. The minimum atomic E-state index is -1.12. The lowest BCUT2D eigenvalue weighted by atomic mass is 10.0. The molecule has 2 atom stereocenters. The van der Waals surface area contributed by atoms with Crippen LogP contribution in [0.5, 0.6) is 0 Å². The number of carbonyl (C=O) groups is 2. The maximum absolute atomic E-state index is 13.5. The van der Waals surface area contributed by atoms with Crippen molar-refractivity contribution in [3.63, 3.8) is 0 Å². The van der Waals surface area contributed by atoms with Crippen LogP contribution in [0.1, 0.15) is 12.0 Å². The van der Waals surface area contributed by atoms with Gasteiger partial charge >= 0.3 is 6.03 Å². The maximum atomic E-state index is 13.5. The topological polar surface area (TPSA) is 53.5 Å². The van der Waals surface area contributed by atoms with Gasteiger partial charge in [-0.25, -0.2) is 14.1 Å². The second-order valence-electron chi connectivity index (χ2n) is 6.19. The van der Waals surface area contributed by atoms with Crippen molar-refractivity contribution in [2.75, 3.05) is 11.4 Å². The van der Waals surface area contributed by atoms with Gasteiger partial charge in [-0.05, 0) is 41.8 Å². The van der Waals surface area contributed by atoms with Gasteiger partial charge in [0.25, 0.3) is 5.91 Å². The minimum absolute atomic E-state index is 0.00513. The van der Waals surface area contributed by atoms with Crippen LogP contribution in [0.15, 0.2) is 42.7 Å². The molecule has 122 valence electrons. The van der Waals surface area contributed by atoms with Gasteiger partial charge in [-0.1, -0.05) is 12.1 Å². The molecule has 2 aromatic rings. The van der Waals surface area contributed by atoms with Gasteiger partial charge in [0.05, 0.1) is 12.2 Å². The lowest BCUT2D eigenvalue weighted by Gasteiger charge is -2.19. The van der Waals surface area contributed by atoms with Crippen molar-refractivity contribution in [1.29, 1.82) is 0 Å². The summed E-state index contributed by atoms with van der Waals surface area (Å²) in [4.78, 5) is 31.8. The zero-order chi connectivity index (χ0) is 16.8. The fraction of sp³-hybridized carbons (Fsp3) is 0.278. The summed E-state index contributed by atoms with van der Waals surface area (Å²) in [5, 5.41) is 0. The second kappa shape index (κ2) is 5.40. The zero-order valence-corrected chi connectivity index (χ0v) is 13.1. The molecular weight excluding hydrogens is 309 g/mol. The Morgan fingerprint density at radius 1 is 1.12 bits per heavy atom. The van der Waals surface area contributed by atoms with Gasteiger partial charge in [-0.2, -0.15) is 0 Å². The Labute approximate surface area is 138 Å². The number of pyridine rings is 1.